The Balaban J connectivity index is 2.98. The van der Waals surface area contributed by atoms with E-state index in [9.17, 15) is 8.42 Å². The fourth-order valence-electron chi connectivity index (χ4n) is 1.70. The molecule has 0 bridgehead atoms. The molecule has 0 aromatic heterocycles. The summed E-state index contributed by atoms with van der Waals surface area (Å²) >= 11 is 0. The van der Waals surface area contributed by atoms with Gasteiger partial charge in [-0.1, -0.05) is 39.8 Å². The van der Waals surface area contributed by atoms with E-state index in [0.717, 1.165) is 5.56 Å². The lowest BCUT2D eigenvalue weighted by Crippen LogP contribution is -2.21. The smallest absolute Gasteiger partial charge is 0.178 e. The van der Waals surface area contributed by atoms with E-state index in [1.165, 1.54) is 0 Å². The predicted molar refractivity (Wildman–Crippen MR) is 75.4 cm³/mol. The van der Waals surface area contributed by atoms with Gasteiger partial charge in [-0.25, -0.2) is 8.42 Å². The van der Waals surface area contributed by atoms with Crippen molar-refractivity contribution < 1.29 is 8.42 Å². The molecule has 1 unspecified atom stereocenters. The second-order valence-electron chi connectivity index (χ2n) is 5.90. The molecule has 0 fully saturated rings. The summed E-state index contributed by atoms with van der Waals surface area (Å²) in [5.74, 6) is 0.0931. The molecule has 102 valence electrons. The summed E-state index contributed by atoms with van der Waals surface area (Å²) in [6.07, 6.45) is 0. The Hall–Kier alpha value is -0.870. The molecule has 4 heteroatoms. The molecule has 0 radical (unpaired) electrons. The average molecular weight is 269 g/mol. The molecule has 0 saturated carbocycles. The van der Waals surface area contributed by atoms with E-state index in [4.69, 9.17) is 5.73 Å². The van der Waals surface area contributed by atoms with Gasteiger partial charge in [0.1, 0.15) is 0 Å². The van der Waals surface area contributed by atoms with Crippen LogP contribution in [0.1, 0.15) is 33.3 Å². The third-order valence-electron chi connectivity index (χ3n) is 2.99. The van der Waals surface area contributed by atoms with Crippen LogP contribution >= 0.6 is 0 Å². The zero-order valence-electron chi connectivity index (χ0n) is 11.6. The van der Waals surface area contributed by atoms with E-state index in [1.54, 1.807) is 12.1 Å². The summed E-state index contributed by atoms with van der Waals surface area (Å²) in [5, 5.41) is 0. The maximum absolute atomic E-state index is 12.1. The highest BCUT2D eigenvalue weighted by Gasteiger charge is 2.19. The summed E-state index contributed by atoms with van der Waals surface area (Å²) in [6.45, 7) is 8.55. The van der Waals surface area contributed by atoms with Crippen LogP contribution in [-0.4, -0.2) is 20.7 Å². The van der Waals surface area contributed by atoms with Crippen LogP contribution in [0.5, 0.6) is 0 Å². The summed E-state index contributed by atoms with van der Waals surface area (Å²) in [4.78, 5) is 0.385. The van der Waals surface area contributed by atoms with Crippen LogP contribution in [0.4, 0.5) is 0 Å². The van der Waals surface area contributed by atoms with Crippen LogP contribution in [0.15, 0.2) is 29.2 Å². The van der Waals surface area contributed by atoms with Gasteiger partial charge < -0.3 is 5.73 Å². The fraction of sp³-hybridized carbons (Fsp3) is 0.571. The third kappa shape index (κ3) is 3.82. The minimum absolute atomic E-state index is 0.0164. The molecule has 1 aromatic carbocycles. The van der Waals surface area contributed by atoms with Gasteiger partial charge in [0.25, 0.3) is 0 Å². The first-order valence-electron chi connectivity index (χ1n) is 6.20. The van der Waals surface area contributed by atoms with Gasteiger partial charge in [0.2, 0.25) is 0 Å². The van der Waals surface area contributed by atoms with Gasteiger partial charge in [-0.15, -0.1) is 0 Å². The van der Waals surface area contributed by atoms with E-state index in [-0.39, 0.29) is 17.1 Å². The lowest BCUT2D eigenvalue weighted by Gasteiger charge is -2.19. The Morgan fingerprint density at radius 2 is 1.67 bits per heavy atom. The van der Waals surface area contributed by atoms with E-state index in [2.05, 4.69) is 20.8 Å². The van der Waals surface area contributed by atoms with Crippen LogP contribution < -0.4 is 5.73 Å². The molecule has 3 nitrogen and oxygen atoms in total. The highest BCUT2D eigenvalue weighted by atomic mass is 32.2. The minimum Gasteiger partial charge on any atom is -0.330 e. The molecule has 1 aromatic rings. The SMILES string of the molecule is CC(CN)CS(=O)(=O)c1ccc(C(C)(C)C)cc1. The molecule has 0 heterocycles. The van der Waals surface area contributed by atoms with Crippen molar-refractivity contribution in [2.45, 2.75) is 38.0 Å². The van der Waals surface area contributed by atoms with Crippen LogP contribution in [0.2, 0.25) is 0 Å². The van der Waals surface area contributed by atoms with Gasteiger partial charge in [-0.05, 0) is 35.6 Å². The first kappa shape index (κ1) is 15.2. The van der Waals surface area contributed by atoms with Crippen LogP contribution in [0.25, 0.3) is 0 Å². The Labute approximate surface area is 110 Å². The van der Waals surface area contributed by atoms with E-state index in [0.29, 0.717) is 11.4 Å². The van der Waals surface area contributed by atoms with Crippen molar-refractivity contribution in [3.8, 4) is 0 Å². The summed E-state index contributed by atoms with van der Waals surface area (Å²) < 4.78 is 24.2. The van der Waals surface area contributed by atoms with Gasteiger partial charge >= 0.3 is 0 Å². The molecule has 0 aliphatic carbocycles. The first-order chi connectivity index (χ1) is 8.16. The van der Waals surface area contributed by atoms with E-state index < -0.39 is 9.84 Å². The number of rotatable bonds is 4. The maximum atomic E-state index is 12.1. The number of hydrogen-bond acceptors (Lipinski definition) is 3. The maximum Gasteiger partial charge on any atom is 0.178 e. The number of benzene rings is 1. The first-order valence-corrected chi connectivity index (χ1v) is 7.85. The molecule has 1 atom stereocenters. The Morgan fingerprint density at radius 3 is 2.06 bits per heavy atom. The van der Waals surface area contributed by atoms with Gasteiger partial charge in [0.15, 0.2) is 9.84 Å². The second-order valence-corrected chi connectivity index (χ2v) is 7.93. The van der Waals surface area contributed by atoms with Gasteiger partial charge in [0.05, 0.1) is 10.6 Å². The van der Waals surface area contributed by atoms with Crippen molar-refractivity contribution in [2.75, 3.05) is 12.3 Å². The zero-order chi connectivity index (χ0) is 14.0. The standard InChI is InChI=1S/C14H23NO2S/c1-11(9-15)10-18(16,17)13-7-5-12(6-8-13)14(2,3)4/h5-8,11H,9-10,15H2,1-4H3. The molecule has 0 spiro atoms. The molecule has 0 amide bonds. The summed E-state index contributed by atoms with van der Waals surface area (Å²) in [6, 6.07) is 7.16. The lowest BCUT2D eigenvalue weighted by atomic mass is 9.87. The molecule has 18 heavy (non-hydrogen) atoms. The van der Waals surface area contributed by atoms with Crippen molar-refractivity contribution in [3.63, 3.8) is 0 Å². The van der Waals surface area contributed by atoms with Crippen molar-refractivity contribution in [3.05, 3.63) is 29.8 Å². The number of sulfone groups is 1. The summed E-state index contributed by atoms with van der Waals surface area (Å²) in [5.41, 5.74) is 6.64. The highest BCUT2D eigenvalue weighted by molar-refractivity contribution is 7.91. The molecular formula is C14H23NO2S. The molecule has 0 saturated heterocycles. The van der Waals surface area contributed by atoms with Crippen molar-refractivity contribution in [2.24, 2.45) is 11.7 Å². The third-order valence-corrected chi connectivity index (χ3v) is 4.98. The molecule has 0 aliphatic rings. The molecule has 1 rings (SSSR count). The van der Waals surface area contributed by atoms with Gasteiger partial charge in [0, 0.05) is 0 Å². The number of nitrogens with two attached hydrogens (primary N) is 1. The lowest BCUT2D eigenvalue weighted by molar-refractivity contribution is 0.572. The monoisotopic (exact) mass is 269 g/mol. The van der Waals surface area contributed by atoms with Gasteiger partial charge in [-0.2, -0.15) is 0 Å². The second kappa shape index (κ2) is 5.41. The Morgan fingerprint density at radius 1 is 1.17 bits per heavy atom. The Bertz CT molecular complexity index is 484. The largest absolute Gasteiger partial charge is 0.330 e. The van der Waals surface area contributed by atoms with Crippen LogP contribution in [0.3, 0.4) is 0 Å². The summed E-state index contributed by atoms with van der Waals surface area (Å²) in [7, 11) is -3.21. The van der Waals surface area contributed by atoms with Crippen LogP contribution in [-0.2, 0) is 15.3 Å². The van der Waals surface area contributed by atoms with E-state index >= 15 is 0 Å². The van der Waals surface area contributed by atoms with Crippen molar-refractivity contribution in [1.82, 2.24) is 0 Å². The topological polar surface area (TPSA) is 60.2 Å². The predicted octanol–water partition coefficient (Wildman–Crippen LogP) is 2.35. The Kier molecular flexibility index (Phi) is 4.56. The zero-order valence-corrected chi connectivity index (χ0v) is 12.4. The number of hydrogen-bond donors (Lipinski definition) is 1. The highest BCUT2D eigenvalue weighted by Crippen LogP contribution is 2.24. The average Bonchev–Trinajstić information content (AvgIpc) is 2.27. The van der Waals surface area contributed by atoms with Crippen molar-refractivity contribution in [1.29, 1.82) is 0 Å². The van der Waals surface area contributed by atoms with Crippen LogP contribution in [0, 0.1) is 5.92 Å². The van der Waals surface area contributed by atoms with E-state index in [1.807, 2.05) is 19.1 Å². The van der Waals surface area contributed by atoms with Gasteiger partial charge in [-0.3, -0.25) is 0 Å². The molecule has 0 aliphatic heterocycles. The quantitative estimate of drug-likeness (QED) is 0.912. The minimum atomic E-state index is -3.21. The van der Waals surface area contributed by atoms with Crippen molar-refractivity contribution >= 4 is 9.84 Å². The fourth-order valence-corrected chi connectivity index (χ4v) is 3.33. The molecule has 2 N–H and O–H groups in total. The normalized spacial score (nSPS) is 14.5. The molecular weight excluding hydrogens is 246 g/mol.